The number of nitrogens with zero attached hydrogens (tertiary/aromatic N) is 1. The molecule has 2 heteroatoms. The number of aromatic nitrogens is 1. The highest BCUT2D eigenvalue weighted by Gasteiger charge is 2.01. The maximum atomic E-state index is 4.40. The standard InChI is InChI=1S/C16H22N2/c1-13(2)17-11-6-5-7-14-10-12-18-16-9-4-3-8-15(14)16/h3-4,8-10,12-13,17H,5-7,11H2,1-2H3. The number of para-hydroxylation sites is 1. The van der Waals surface area contributed by atoms with Gasteiger partial charge in [0, 0.05) is 17.6 Å². The van der Waals surface area contributed by atoms with Crippen LogP contribution in [0.4, 0.5) is 0 Å². The summed E-state index contributed by atoms with van der Waals surface area (Å²) in [4.78, 5) is 4.40. The minimum Gasteiger partial charge on any atom is -0.315 e. The van der Waals surface area contributed by atoms with Gasteiger partial charge in [0.1, 0.15) is 0 Å². The molecule has 2 rings (SSSR count). The number of hydrogen-bond donors (Lipinski definition) is 1. The van der Waals surface area contributed by atoms with Gasteiger partial charge in [0.25, 0.3) is 0 Å². The van der Waals surface area contributed by atoms with Crippen LogP contribution in [0.5, 0.6) is 0 Å². The number of hydrogen-bond acceptors (Lipinski definition) is 2. The second-order valence-electron chi connectivity index (χ2n) is 5.05. The molecule has 0 saturated heterocycles. The van der Waals surface area contributed by atoms with Crippen LogP contribution < -0.4 is 5.32 Å². The average Bonchev–Trinajstić information content (AvgIpc) is 2.38. The summed E-state index contributed by atoms with van der Waals surface area (Å²) < 4.78 is 0. The Morgan fingerprint density at radius 1 is 1.11 bits per heavy atom. The normalized spacial score (nSPS) is 11.3. The van der Waals surface area contributed by atoms with Crippen molar-refractivity contribution in [1.29, 1.82) is 0 Å². The van der Waals surface area contributed by atoms with E-state index in [1.807, 2.05) is 12.3 Å². The first-order valence-electron chi connectivity index (χ1n) is 6.83. The lowest BCUT2D eigenvalue weighted by molar-refractivity contribution is 0.558. The van der Waals surface area contributed by atoms with Crippen LogP contribution >= 0.6 is 0 Å². The van der Waals surface area contributed by atoms with E-state index in [9.17, 15) is 0 Å². The second-order valence-corrected chi connectivity index (χ2v) is 5.05. The first kappa shape index (κ1) is 13.0. The molecular formula is C16H22N2. The molecule has 0 aliphatic carbocycles. The lowest BCUT2D eigenvalue weighted by atomic mass is 10.0. The number of unbranched alkanes of at least 4 members (excludes halogenated alkanes) is 1. The topological polar surface area (TPSA) is 24.9 Å². The van der Waals surface area contributed by atoms with Crippen molar-refractivity contribution in [1.82, 2.24) is 10.3 Å². The molecule has 1 heterocycles. The number of rotatable bonds is 6. The summed E-state index contributed by atoms with van der Waals surface area (Å²) in [6.45, 7) is 5.49. The number of aryl methyl sites for hydroxylation is 1. The fraction of sp³-hybridized carbons (Fsp3) is 0.438. The molecule has 1 aromatic heterocycles. The van der Waals surface area contributed by atoms with Gasteiger partial charge in [0.05, 0.1) is 5.52 Å². The van der Waals surface area contributed by atoms with Crippen molar-refractivity contribution in [2.45, 2.75) is 39.2 Å². The molecule has 0 radical (unpaired) electrons. The first-order valence-corrected chi connectivity index (χ1v) is 6.83. The van der Waals surface area contributed by atoms with Gasteiger partial charge < -0.3 is 5.32 Å². The van der Waals surface area contributed by atoms with Crippen LogP contribution in [0.3, 0.4) is 0 Å². The maximum Gasteiger partial charge on any atom is 0.0704 e. The molecular weight excluding hydrogens is 220 g/mol. The third-order valence-corrected chi connectivity index (χ3v) is 3.16. The summed E-state index contributed by atoms with van der Waals surface area (Å²) in [5.74, 6) is 0. The lowest BCUT2D eigenvalue weighted by Crippen LogP contribution is -2.23. The lowest BCUT2D eigenvalue weighted by Gasteiger charge is -2.08. The number of fused-ring (bicyclic) bond motifs is 1. The van der Waals surface area contributed by atoms with E-state index < -0.39 is 0 Å². The van der Waals surface area contributed by atoms with Crippen molar-refractivity contribution >= 4 is 10.9 Å². The summed E-state index contributed by atoms with van der Waals surface area (Å²) in [5.41, 5.74) is 2.53. The van der Waals surface area contributed by atoms with Gasteiger partial charge in [0.2, 0.25) is 0 Å². The van der Waals surface area contributed by atoms with E-state index in [4.69, 9.17) is 0 Å². The summed E-state index contributed by atoms with van der Waals surface area (Å²) >= 11 is 0. The maximum absolute atomic E-state index is 4.40. The smallest absolute Gasteiger partial charge is 0.0704 e. The Morgan fingerprint density at radius 2 is 1.94 bits per heavy atom. The molecule has 0 atom stereocenters. The third-order valence-electron chi connectivity index (χ3n) is 3.16. The summed E-state index contributed by atoms with van der Waals surface area (Å²) in [7, 11) is 0. The predicted molar refractivity (Wildman–Crippen MR) is 77.8 cm³/mol. The van der Waals surface area contributed by atoms with E-state index in [1.165, 1.54) is 23.8 Å². The Bertz CT molecular complexity index is 486. The summed E-state index contributed by atoms with van der Waals surface area (Å²) in [6.07, 6.45) is 5.52. The van der Waals surface area contributed by atoms with Crippen molar-refractivity contribution in [3.63, 3.8) is 0 Å². The van der Waals surface area contributed by atoms with Crippen LogP contribution in [-0.4, -0.2) is 17.6 Å². The van der Waals surface area contributed by atoms with Gasteiger partial charge >= 0.3 is 0 Å². The van der Waals surface area contributed by atoms with Gasteiger partial charge in [-0.25, -0.2) is 0 Å². The van der Waals surface area contributed by atoms with E-state index in [0.717, 1.165) is 18.5 Å². The van der Waals surface area contributed by atoms with Crippen molar-refractivity contribution in [3.8, 4) is 0 Å². The Hall–Kier alpha value is -1.41. The fourth-order valence-electron chi connectivity index (χ4n) is 2.20. The summed E-state index contributed by atoms with van der Waals surface area (Å²) in [5, 5.41) is 4.76. The number of benzene rings is 1. The zero-order valence-corrected chi connectivity index (χ0v) is 11.3. The van der Waals surface area contributed by atoms with E-state index in [1.54, 1.807) is 0 Å². The van der Waals surface area contributed by atoms with E-state index in [0.29, 0.717) is 6.04 Å². The fourth-order valence-corrected chi connectivity index (χ4v) is 2.20. The Kier molecular flexibility index (Phi) is 4.71. The molecule has 0 fully saturated rings. The van der Waals surface area contributed by atoms with Crippen molar-refractivity contribution in [2.24, 2.45) is 0 Å². The second kappa shape index (κ2) is 6.50. The molecule has 0 amide bonds. The SMILES string of the molecule is CC(C)NCCCCc1ccnc2ccccc12. The molecule has 1 aromatic carbocycles. The van der Waals surface area contributed by atoms with Crippen LogP contribution in [0.1, 0.15) is 32.3 Å². The van der Waals surface area contributed by atoms with Gasteiger partial charge in [-0.15, -0.1) is 0 Å². The molecule has 0 bridgehead atoms. The third kappa shape index (κ3) is 3.54. The number of pyridine rings is 1. The highest BCUT2D eigenvalue weighted by atomic mass is 14.9. The molecule has 0 aliphatic heterocycles. The van der Waals surface area contributed by atoms with Crippen molar-refractivity contribution in [2.75, 3.05) is 6.54 Å². The van der Waals surface area contributed by atoms with Gasteiger partial charge in [-0.1, -0.05) is 32.0 Å². The zero-order valence-electron chi connectivity index (χ0n) is 11.3. The van der Waals surface area contributed by atoms with Gasteiger partial charge in [-0.2, -0.15) is 0 Å². The van der Waals surface area contributed by atoms with E-state index >= 15 is 0 Å². The predicted octanol–water partition coefficient (Wildman–Crippen LogP) is 3.56. The quantitative estimate of drug-likeness (QED) is 0.783. The minimum atomic E-state index is 0.590. The first-order chi connectivity index (χ1) is 8.77. The molecule has 0 aliphatic rings. The zero-order chi connectivity index (χ0) is 12.8. The van der Waals surface area contributed by atoms with Crippen LogP contribution in [0.25, 0.3) is 10.9 Å². The minimum absolute atomic E-state index is 0.590. The van der Waals surface area contributed by atoms with E-state index in [2.05, 4.69) is 48.4 Å². The number of nitrogens with one attached hydrogen (secondary N) is 1. The Balaban J connectivity index is 1.91. The molecule has 96 valence electrons. The van der Waals surface area contributed by atoms with Gasteiger partial charge in [0.15, 0.2) is 0 Å². The highest BCUT2D eigenvalue weighted by Crippen LogP contribution is 2.17. The van der Waals surface area contributed by atoms with Crippen molar-refractivity contribution < 1.29 is 0 Å². The molecule has 0 unspecified atom stereocenters. The van der Waals surface area contributed by atoms with Crippen LogP contribution in [-0.2, 0) is 6.42 Å². The molecule has 0 spiro atoms. The Labute approximate surface area is 109 Å². The summed E-state index contributed by atoms with van der Waals surface area (Å²) in [6, 6.07) is 11.1. The average molecular weight is 242 g/mol. The highest BCUT2D eigenvalue weighted by molar-refractivity contribution is 5.81. The van der Waals surface area contributed by atoms with Crippen LogP contribution in [0.2, 0.25) is 0 Å². The molecule has 18 heavy (non-hydrogen) atoms. The molecule has 2 aromatic rings. The van der Waals surface area contributed by atoms with Gasteiger partial charge in [-0.3, -0.25) is 4.98 Å². The van der Waals surface area contributed by atoms with Crippen molar-refractivity contribution in [3.05, 3.63) is 42.1 Å². The van der Waals surface area contributed by atoms with Crippen LogP contribution in [0.15, 0.2) is 36.5 Å². The van der Waals surface area contributed by atoms with Crippen LogP contribution in [0, 0.1) is 0 Å². The molecule has 1 N–H and O–H groups in total. The Morgan fingerprint density at radius 3 is 2.78 bits per heavy atom. The largest absolute Gasteiger partial charge is 0.315 e. The van der Waals surface area contributed by atoms with E-state index in [-0.39, 0.29) is 0 Å². The van der Waals surface area contributed by atoms with Gasteiger partial charge in [-0.05, 0) is 43.5 Å². The molecule has 0 saturated carbocycles. The molecule has 2 nitrogen and oxygen atoms in total. The monoisotopic (exact) mass is 242 g/mol.